The summed E-state index contributed by atoms with van der Waals surface area (Å²) < 4.78 is 11.3. The van der Waals surface area contributed by atoms with E-state index in [4.69, 9.17) is 21.1 Å². The summed E-state index contributed by atoms with van der Waals surface area (Å²) in [5.41, 5.74) is 0.984. The third-order valence-electron chi connectivity index (χ3n) is 4.26. The number of carbonyl (C=O) groups is 2. The average molecular weight is 390 g/mol. The lowest BCUT2D eigenvalue weighted by atomic mass is 10.0. The number of amides is 1. The Morgan fingerprint density at radius 1 is 1.26 bits per heavy atom. The molecule has 1 atom stereocenters. The minimum absolute atomic E-state index is 0.0478. The number of aromatic carboxylic acids is 1. The first-order valence-electron chi connectivity index (χ1n) is 8.68. The number of carboxylic acids is 1. The molecular formula is C20H20ClNO5. The van der Waals surface area contributed by atoms with Crippen LogP contribution in [0.4, 0.5) is 5.69 Å². The normalized spacial score (nSPS) is 16.1. The molecule has 1 amide bonds. The predicted molar refractivity (Wildman–Crippen MR) is 102 cm³/mol. The Morgan fingerprint density at radius 3 is 2.81 bits per heavy atom. The molecule has 1 aliphatic rings. The second kappa shape index (κ2) is 8.88. The Balaban J connectivity index is 1.69. The summed E-state index contributed by atoms with van der Waals surface area (Å²) in [6.45, 7) is 1.13. The first kappa shape index (κ1) is 19.2. The molecule has 1 aliphatic heterocycles. The van der Waals surface area contributed by atoms with Gasteiger partial charge in [-0.25, -0.2) is 4.79 Å². The largest absolute Gasteiger partial charge is 0.489 e. The molecule has 1 heterocycles. The highest BCUT2D eigenvalue weighted by molar-refractivity contribution is 6.31. The molecule has 0 aliphatic carbocycles. The molecule has 1 saturated heterocycles. The highest BCUT2D eigenvalue weighted by Crippen LogP contribution is 2.29. The zero-order valence-electron chi connectivity index (χ0n) is 14.6. The SMILES string of the molecule is O=C(Cc1ccccc1C(=O)O)Nc1cc(Cl)ccc1OCC1CCCO1. The van der Waals surface area contributed by atoms with Crippen molar-refractivity contribution < 1.29 is 24.2 Å². The summed E-state index contributed by atoms with van der Waals surface area (Å²) in [5.74, 6) is -0.926. The van der Waals surface area contributed by atoms with E-state index in [0.717, 1.165) is 19.4 Å². The number of rotatable bonds is 7. The molecule has 2 N–H and O–H groups in total. The average Bonchev–Trinajstić information content (AvgIpc) is 3.15. The van der Waals surface area contributed by atoms with E-state index in [9.17, 15) is 14.7 Å². The Bertz CT molecular complexity index is 833. The molecule has 142 valence electrons. The fraction of sp³-hybridized carbons (Fsp3) is 0.300. The van der Waals surface area contributed by atoms with Crippen molar-refractivity contribution in [2.45, 2.75) is 25.4 Å². The fourth-order valence-corrected chi connectivity index (χ4v) is 3.11. The van der Waals surface area contributed by atoms with Crippen molar-refractivity contribution in [1.29, 1.82) is 0 Å². The second-order valence-electron chi connectivity index (χ2n) is 6.27. The third kappa shape index (κ3) is 5.21. The van der Waals surface area contributed by atoms with Gasteiger partial charge in [0.1, 0.15) is 12.4 Å². The lowest BCUT2D eigenvalue weighted by Crippen LogP contribution is -2.19. The van der Waals surface area contributed by atoms with E-state index < -0.39 is 5.97 Å². The van der Waals surface area contributed by atoms with Gasteiger partial charge in [-0.2, -0.15) is 0 Å². The van der Waals surface area contributed by atoms with Crippen LogP contribution in [0.15, 0.2) is 42.5 Å². The lowest BCUT2D eigenvalue weighted by Gasteiger charge is -2.16. The van der Waals surface area contributed by atoms with Gasteiger partial charge in [-0.05, 0) is 42.7 Å². The topological polar surface area (TPSA) is 84.9 Å². The van der Waals surface area contributed by atoms with Crippen molar-refractivity contribution in [1.82, 2.24) is 0 Å². The number of anilines is 1. The van der Waals surface area contributed by atoms with Gasteiger partial charge >= 0.3 is 5.97 Å². The van der Waals surface area contributed by atoms with Crippen molar-refractivity contribution in [3.63, 3.8) is 0 Å². The minimum Gasteiger partial charge on any atom is -0.489 e. The predicted octanol–water partition coefficient (Wildman–Crippen LogP) is 3.78. The van der Waals surface area contributed by atoms with Crippen LogP contribution in [0.5, 0.6) is 5.75 Å². The maximum Gasteiger partial charge on any atom is 0.335 e. The van der Waals surface area contributed by atoms with E-state index in [0.29, 0.717) is 28.6 Å². The van der Waals surface area contributed by atoms with Crippen molar-refractivity contribution in [3.8, 4) is 5.75 Å². The summed E-state index contributed by atoms with van der Waals surface area (Å²) in [6, 6.07) is 11.4. The van der Waals surface area contributed by atoms with Gasteiger partial charge in [-0.1, -0.05) is 29.8 Å². The first-order valence-corrected chi connectivity index (χ1v) is 9.05. The molecule has 0 aromatic heterocycles. The van der Waals surface area contributed by atoms with Crippen LogP contribution in [0.2, 0.25) is 5.02 Å². The second-order valence-corrected chi connectivity index (χ2v) is 6.71. The van der Waals surface area contributed by atoms with Crippen molar-refractivity contribution in [2.24, 2.45) is 0 Å². The number of carbonyl (C=O) groups excluding carboxylic acids is 1. The van der Waals surface area contributed by atoms with E-state index in [-0.39, 0.29) is 24.0 Å². The van der Waals surface area contributed by atoms with Crippen LogP contribution in [0.25, 0.3) is 0 Å². The van der Waals surface area contributed by atoms with E-state index in [1.54, 1.807) is 36.4 Å². The number of carboxylic acid groups (broad SMARTS) is 1. The van der Waals surface area contributed by atoms with Crippen LogP contribution >= 0.6 is 11.6 Å². The first-order chi connectivity index (χ1) is 13.0. The van der Waals surface area contributed by atoms with Crippen molar-refractivity contribution >= 4 is 29.2 Å². The van der Waals surface area contributed by atoms with Gasteiger partial charge < -0.3 is 19.9 Å². The van der Waals surface area contributed by atoms with Gasteiger partial charge in [-0.15, -0.1) is 0 Å². The highest BCUT2D eigenvalue weighted by Gasteiger charge is 2.18. The van der Waals surface area contributed by atoms with Crippen LogP contribution in [0, 0.1) is 0 Å². The standard InChI is InChI=1S/C20H20ClNO5/c21-14-7-8-18(27-12-15-5-3-9-26-15)17(11-14)22-19(23)10-13-4-1-2-6-16(13)20(24)25/h1-2,4,6-8,11,15H,3,5,9-10,12H2,(H,22,23)(H,24,25). The summed E-state index contributed by atoms with van der Waals surface area (Å²) in [7, 11) is 0. The van der Waals surface area contributed by atoms with Gasteiger partial charge in [0.2, 0.25) is 5.91 Å². The van der Waals surface area contributed by atoms with Crippen LogP contribution in [-0.4, -0.2) is 36.3 Å². The zero-order chi connectivity index (χ0) is 19.2. The van der Waals surface area contributed by atoms with Crippen LogP contribution in [0.1, 0.15) is 28.8 Å². The quantitative estimate of drug-likeness (QED) is 0.752. The maximum absolute atomic E-state index is 12.5. The number of halogens is 1. The van der Waals surface area contributed by atoms with E-state index >= 15 is 0 Å². The van der Waals surface area contributed by atoms with Crippen LogP contribution < -0.4 is 10.1 Å². The molecule has 2 aromatic rings. The fourth-order valence-electron chi connectivity index (χ4n) is 2.93. The number of hydrogen-bond acceptors (Lipinski definition) is 4. The number of benzene rings is 2. The Morgan fingerprint density at radius 2 is 2.07 bits per heavy atom. The molecule has 7 heteroatoms. The molecule has 2 aromatic carbocycles. The molecule has 0 spiro atoms. The van der Waals surface area contributed by atoms with Gasteiger partial charge in [0.25, 0.3) is 0 Å². The molecule has 1 fully saturated rings. The van der Waals surface area contributed by atoms with Gasteiger partial charge in [-0.3, -0.25) is 4.79 Å². The van der Waals surface area contributed by atoms with Gasteiger partial charge in [0, 0.05) is 11.6 Å². The van der Waals surface area contributed by atoms with Crippen LogP contribution in [-0.2, 0) is 16.0 Å². The van der Waals surface area contributed by atoms with Crippen molar-refractivity contribution in [2.75, 3.05) is 18.5 Å². The molecule has 1 unspecified atom stereocenters. The molecule has 0 saturated carbocycles. The summed E-state index contributed by atoms with van der Waals surface area (Å²) in [4.78, 5) is 23.7. The highest BCUT2D eigenvalue weighted by atomic mass is 35.5. The van der Waals surface area contributed by atoms with Crippen molar-refractivity contribution in [3.05, 3.63) is 58.6 Å². The molecule has 3 rings (SSSR count). The van der Waals surface area contributed by atoms with E-state index in [1.165, 1.54) is 6.07 Å². The van der Waals surface area contributed by atoms with E-state index in [1.807, 2.05) is 0 Å². The molecule has 27 heavy (non-hydrogen) atoms. The number of ether oxygens (including phenoxy) is 2. The van der Waals surface area contributed by atoms with Crippen LogP contribution in [0.3, 0.4) is 0 Å². The van der Waals surface area contributed by atoms with Gasteiger partial charge in [0.05, 0.1) is 23.8 Å². The third-order valence-corrected chi connectivity index (χ3v) is 4.50. The van der Waals surface area contributed by atoms with E-state index in [2.05, 4.69) is 5.32 Å². The lowest BCUT2D eigenvalue weighted by molar-refractivity contribution is -0.115. The minimum atomic E-state index is -1.07. The molecule has 0 bridgehead atoms. The smallest absolute Gasteiger partial charge is 0.335 e. The number of hydrogen-bond donors (Lipinski definition) is 2. The Kier molecular flexibility index (Phi) is 6.32. The Labute approximate surface area is 162 Å². The summed E-state index contributed by atoms with van der Waals surface area (Å²) >= 11 is 6.05. The van der Waals surface area contributed by atoms with Gasteiger partial charge in [0.15, 0.2) is 0 Å². The Hall–Kier alpha value is -2.57. The summed E-state index contributed by atoms with van der Waals surface area (Å²) in [5, 5.41) is 12.5. The molecule has 0 radical (unpaired) electrons. The molecular weight excluding hydrogens is 370 g/mol. The maximum atomic E-state index is 12.5. The zero-order valence-corrected chi connectivity index (χ0v) is 15.4. The monoisotopic (exact) mass is 389 g/mol. The molecule has 6 nitrogen and oxygen atoms in total. The number of nitrogens with one attached hydrogen (secondary N) is 1. The summed E-state index contributed by atoms with van der Waals surface area (Å²) in [6.07, 6.45) is 1.94.